The van der Waals surface area contributed by atoms with E-state index in [1.54, 1.807) is 0 Å². The van der Waals surface area contributed by atoms with Gasteiger partial charge in [0, 0.05) is 38.2 Å². The third-order valence-corrected chi connectivity index (χ3v) is 9.26. The minimum atomic E-state index is -0.540. The summed E-state index contributed by atoms with van der Waals surface area (Å²) in [5.74, 6) is 0.287. The fourth-order valence-corrected chi connectivity index (χ4v) is 6.77. The summed E-state index contributed by atoms with van der Waals surface area (Å²) in [7, 11) is 0. The minimum absolute atomic E-state index is 0.0334. The van der Waals surface area contributed by atoms with Gasteiger partial charge in [0.2, 0.25) is 0 Å². The molecule has 0 aliphatic carbocycles. The summed E-state index contributed by atoms with van der Waals surface area (Å²) in [6, 6.07) is 26.9. The molecule has 0 saturated carbocycles. The molecule has 0 radical (unpaired) electrons. The predicted molar refractivity (Wildman–Crippen MR) is 211 cm³/mol. The number of nitrogens with zero attached hydrogens (tertiary/aromatic N) is 3. The molecule has 52 heavy (non-hydrogen) atoms. The zero-order chi connectivity index (χ0) is 42.9. The Labute approximate surface area is 311 Å². The van der Waals surface area contributed by atoms with Crippen molar-refractivity contribution >= 4 is 65.4 Å². The summed E-state index contributed by atoms with van der Waals surface area (Å²) in [6.45, 7) is 0. The van der Waals surface area contributed by atoms with Crippen molar-refractivity contribution in [3.63, 3.8) is 0 Å². The first-order chi connectivity index (χ1) is 29.9. The largest absolute Gasteiger partial charge is 0.456 e. The van der Waals surface area contributed by atoms with Gasteiger partial charge in [-0.25, -0.2) is 15.0 Å². The van der Waals surface area contributed by atoms with Gasteiger partial charge in [-0.05, 0) is 81.1 Å². The lowest BCUT2D eigenvalue weighted by atomic mass is 9.96. The molecule has 0 saturated heterocycles. The molecule has 0 unspecified atom stereocenters. The Morgan fingerprint density at radius 1 is 0.404 bits per heavy atom. The van der Waals surface area contributed by atoms with Crippen LogP contribution in [0.25, 0.3) is 111 Å². The second-order valence-electron chi connectivity index (χ2n) is 12.4. The Balaban J connectivity index is 1.17. The van der Waals surface area contributed by atoms with Crippen LogP contribution in [0.4, 0.5) is 0 Å². The summed E-state index contributed by atoms with van der Waals surface area (Å²) < 4.78 is 103. The highest BCUT2D eigenvalue weighted by atomic mass is 16.3. The second kappa shape index (κ2) is 11.2. The number of benzene rings is 8. The van der Waals surface area contributed by atoms with Crippen LogP contribution in [0.15, 0.2) is 172 Å². The topological polar surface area (TPSA) is 65.0 Å². The zero-order valence-electron chi connectivity index (χ0n) is 37.0. The molecular weight excluding hydrogens is 639 g/mol. The molecule has 0 aliphatic heterocycles. The molecule has 8 aromatic carbocycles. The van der Waals surface area contributed by atoms with Crippen LogP contribution in [0.1, 0.15) is 13.7 Å². The first-order valence-electron chi connectivity index (χ1n) is 21.5. The quantitative estimate of drug-likeness (QED) is 0.186. The molecule has 0 spiro atoms. The van der Waals surface area contributed by atoms with E-state index in [4.69, 9.17) is 29.3 Å². The third kappa shape index (κ3) is 4.60. The van der Waals surface area contributed by atoms with Crippen molar-refractivity contribution in [3.8, 4) is 45.3 Å². The van der Waals surface area contributed by atoms with Crippen molar-refractivity contribution < 1.29 is 22.5 Å². The van der Waals surface area contributed by atoms with Gasteiger partial charge in [-0.1, -0.05) is 115 Å². The molecule has 0 bridgehead atoms. The highest BCUT2D eigenvalue weighted by Gasteiger charge is 2.17. The number of rotatable bonds is 4. The van der Waals surface area contributed by atoms with E-state index in [0.717, 1.165) is 21.5 Å². The molecule has 242 valence electrons. The van der Waals surface area contributed by atoms with Gasteiger partial charge in [-0.3, -0.25) is 0 Å². The summed E-state index contributed by atoms with van der Waals surface area (Å²) in [6.07, 6.45) is 0. The predicted octanol–water partition coefficient (Wildman–Crippen LogP) is 12.6. The zero-order valence-corrected chi connectivity index (χ0v) is 27.0. The van der Waals surface area contributed by atoms with Crippen molar-refractivity contribution in [1.29, 1.82) is 0 Å². The molecule has 5 heteroatoms. The highest BCUT2D eigenvalue weighted by Crippen LogP contribution is 2.38. The van der Waals surface area contributed by atoms with Crippen LogP contribution in [-0.4, -0.2) is 15.0 Å². The lowest BCUT2D eigenvalue weighted by molar-refractivity contribution is 0.668. The van der Waals surface area contributed by atoms with Crippen LogP contribution in [0.2, 0.25) is 0 Å². The maximum atomic E-state index is 9.56. The molecule has 11 aromatic rings. The van der Waals surface area contributed by atoms with Crippen LogP contribution < -0.4 is 0 Å². The van der Waals surface area contributed by atoms with Gasteiger partial charge in [0.1, 0.15) is 22.3 Å². The van der Waals surface area contributed by atoms with Gasteiger partial charge in [-0.2, -0.15) is 0 Å². The van der Waals surface area contributed by atoms with Crippen molar-refractivity contribution in [1.82, 2.24) is 15.0 Å². The molecule has 0 fully saturated rings. The first kappa shape index (κ1) is 20.5. The second-order valence-corrected chi connectivity index (χ2v) is 12.4. The monoisotopic (exact) mass is 675 g/mol. The number of hydrogen-bond acceptors (Lipinski definition) is 5. The fourth-order valence-electron chi connectivity index (χ4n) is 6.77. The Bertz CT molecular complexity index is 3790. The van der Waals surface area contributed by atoms with Crippen molar-refractivity contribution in [2.75, 3.05) is 0 Å². The van der Waals surface area contributed by atoms with E-state index in [1.165, 1.54) is 18.2 Å². The number of para-hydroxylation sites is 2. The van der Waals surface area contributed by atoms with Gasteiger partial charge < -0.3 is 8.83 Å². The summed E-state index contributed by atoms with van der Waals surface area (Å²) >= 11 is 0. The van der Waals surface area contributed by atoms with E-state index in [2.05, 4.69) is 0 Å². The van der Waals surface area contributed by atoms with Crippen LogP contribution in [0.5, 0.6) is 0 Å². The SMILES string of the molecule is [2H]c1cc([2H])c2oc3c([2H])cc([2H])c(-c4c([2H])c([2H])c5c([2H])c(-c6nc(-c7ccc8ccccc8c7)nc(-c7ccc8c(c7)oc7ccccc78)n6)c([2H])c([2H])c5c4[2H])c3c2c1. The lowest BCUT2D eigenvalue weighted by Crippen LogP contribution is -2.00. The summed E-state index contributed by atoms with van der Waals surface area (Å²) in [5, 5.41) is 3.56. The van der Waals surface area contributed by atoms with Crippen molar-refractivity contribution in [2.45, 2.75) is 0 Å². The van der Waals surface area contributed by atoms with Crippen LogP contribution in [0.3, 0.4) is 0 Å². The standard InChI is InChI=1S/C47H27N3O2/c1-2-9-29-25-33(20-16-28(29)8-1)45-48-46(50-47(49-45)35-22-23-38-37-10-3-5-13-40(37)52-43(38)27-35)34-21-18-30-24-32(19-17-31(30)26-34)36-12-7-15-42-44(36)39-11-4-6-14-41(39)51-42/h1-27H/i4D,12D,14D,15D,17D,18D,19D,21D,24D,26D. The van der Waals surface area contributed by atoms with E-state index in [0.29, 0.717) is 22.3 Å². The maximum absolute atomic E-state index is 9.56. The smallest absolute Gasteiger partial charge is 0.164 e. The Morgan fingerprint density at radius 2 is 1.08 bits per heavy atom. The van der Waals surface area contributed by atoms with Crippen molar-refractivity contribution in [2.24, 2.45) is 0 Å². The first-order valence-corrected chi connectivity index (χ1v) is 16.5. The van der Waals surface area contributed by atoms with E-state index in [1.807, 2.05) is 84.9 Å². The molecule has 0 N–H and O–H groups in total. The van der Waals surface area contributed by atoms with Gasteiger partial charge in [0.05, 0.1) is 13.7 Å². The van der Waals surface area contributed by atoms with E-state index >= 15 is 0 Å². The lowest BCUT2D eigenvalue weighted by Gasteiger charge is -2.10. The average molecular weight is 676 g/mol. The average Bonchev–Trinajstić information content (AvgIpc) is 3.84. The van der Waals surface area contributed by atoms with E-state index in [-0.39, 0.29) is 91.0 Å². The Hall–Kier alpha value is -7.11. The normalized spacial score (nSPS) is 14.5. The van der Waals surface area contributed by atoms with Crippen LogP contribution in [-0.2, 0) is 0 Å². The summed E-state index contributed by atoms with van der Waals surface area (Å²) in [4.78, 5) is 14.5. The number of furan rings is 2. The molecule has 0 atom stereocenters. The Kier molecular flexibility index (Phi) is 4.42. The molecular formula is C47H27N3O2. The van der Waals surface area contributed by atoms with Gasteiger partial charge in [-0.15, -0.1) is 0 Å². The van der Waals surface area contributed by atoms with Gasteiger partial charge in [0.15, 0.2) is 17.5 Å². The highest BCUT2D eigenvalue weighted by molar-refractivity contribution is 6.13. The number of hydrogen-bond donors (Lipinski definition) is 0. The molecule has 11 rings (SSSR count). The minimum Gasteiger partial charge on any atom is -0.456 e. The molecule has 3 aromatic heterocycles. The van der Waals surface area contributed by atoms with Gasteiger partial charge in [0.25, 0.3) is 0 Å². The molecule has 0 aliphatic rings. The maximum Gasteiger partial charge on any atom is 0.164 e. The van der Waals surface area contributed by atoms with E-state index < -0.39 is 36.3 Å². The van der Waals surface area contributed by atoms with Crippen LogP contribution in [0, 0.1) is 0 Å². The molecule has 0 amide bonds. The number of aromatic nitrogens is 3. The summed E-state index contributed by atoms with van der Waals surface area (Å²) in [5.41, 5.74) is 1.98. The molecule has 5 nitrogen and oxygen atoms in total. The van der Waals surface area contributed by atoms with E-state index in [9.17, 15) is 8.22 Å². The fraction of sp³-hybridized carbons (Fsp3) is 0. The Morgan fingerprint density at radius 3 is 1.96 bits per heavy atom. The van der Waals surface area contributed by atoms with Crippen molar-refractivity contribution in [3.05, 3.63) is 164 Å². The van der Waals surface area contributed by atoms with Gasteiger partial charge >= 0.3 is 0 Å². The molecule has 3 heterocycles. The van der Waals surface area contributed by atoms with Crippen LogP contribution >= 0.6 is 0 Å². The third-order valence-electron chi connectivity index (χ3n) is 9.26. The number of fused-ring (bicyclic) bond motifs is 8.